The molecule has 1 atom stereocenters. The summed E-state index contributed by atoms with van der Waals surface area (Å²) in [6.07, 6.45) is 0. The largest absolute Gasteiger partial charge is 0.388 e. The Balaban J connectivity index is 4.34. The predicted octanol–water partition coefficient (Wildman–Crippen LogP) is 2.35. The number of nitrogens with zero attached hydrogens (tertiary/aromatic N) is 1. The summed E-state index contributed by atoms with van der Waals surface area (Å²) in [5.74, 6) is 1.27. The van der Waals surface area contributed by atoms with E-state index >= 15 is 0 Å². The second-order valence-electron chi connectivity index (χ2n) is 7.01. The second kappa shape index (κ2) is 8.13. The minimum atomic E-state index is -0.659. The number of rotatable bonds is 9. The van der Waals surface area contributed by atoms with E-state index in [0.717, 1.165) is 19.6 Å². The highest BCUT2D eigenvalue weighted by Crippen LogP contribution is 2.10. The van der Waals surface area contributed by atoms with Gasteiger partial charge in [-0.2, -0.15) is 0 Å². The molecule has 0 bridgehead atoms. The molecule has 0 radical (unpaired) electrons. The van der Waals surface area contributed by atoms with Crippen molar-refractivity contribution in [3.8, 4) is 0 Å². The van der Waals surface area contributed by atoms with Gasteiger partial charge in [0.2, 0.25) is 0 Å². The quantitative estimate of drug-likeness (QED) is 0.666. The van der Waals surface area contributed by atoms with E-state index in [1.54, 1.807) is 0 Å². The Morgan fingerprint density at radius 2 is 1.44 bits per heavy atom. The lowest BCUT2D eigenvalue weighted by molar-refractivity contribution is 0.0123. The maximum atomic E-state index is 10.5. The fraction of sp³-hybridized carbons (Fsp3) is 1.00. The van der Waals surface area contributed by atoms with Gasteiger partial charge in [0.1, 0.15) is 0 Å². The van der Waals surface area contributed by atoms with Crippen molar-refractivity contribution in [3.05, 3.63) is 0 Å². The fourth-order valence-electron chi connectivity index (χ4n) is 2.20. The third-order valence-corrected chi connectivity index (χ3v) is 2.70. The molecule has 0 rings (SSSR count). The first-order valence-corrected chi connectivity index (χ1v) is 7.30. The molecule has 0 aromatic heterocycles. The van der Waals surface area contributed by atoms with E-state index in [-0.39, 0.29) is 0 Å². The van der Waals surface area contributed by atoms with Gasteiger partial charge >= 0.3 is 0 Å². The molecule has 110 valence electrons. The number of hydrogen-bond donors (Lipinski definition) is 2. The van der Waals surface area contributed by atoms with Crippen molar-refractivity contribution >= 4 is 0 Å². The van der Waals surface area contributed by atoms with E-state index in [2.05, 4.69) is 51.8 Å². The molecular weight excluding hydrogens is 224 g/mol. The van der Waals surface area contributed by atoms with Crippen LogP contribution in [0.3, 0.4) is 0 Å². The van der Waals surface area contributed by atoms with Crippen LogP contribution in [-0.2, 0) is 0 Å². The maximum absolute atomic E-state index is 10.5. The Labute approximate surface area is 114 Å². The molecule has 0 saturated heterocycles. The average Bonchev–Trinajstić information content (AvgIpc) is 2.11. The lowest BCUT2D eigenvalue weighted by Gasteiger charge is -2.34. The van der Waals surface area contributed by atoms with Gasteiger partial charge in [-0.25, -0.2) is 0 Å². The highest BCUT2D eigenvalue weighted by atomic mass is 16.3. The third kappa shape index (κ3) is 9.86. The monoisotopic (exact) mass is 258 g/mol. The van der Waals surface area contributed by atoms with Gasteiger partial charge in [-0.1, -0.05) is 41.5 Å². The van der Waals surface area contributed by atoms with Crippen LogP contribution in [0.5, 0.6) is 0 Å². The highest BCUT2D eigenvalue weighted by molar-refractivity contribution is 4.81. The lowest BCUT2D eigenvalue weighted by atomic mass is 10.0. The fourth-order valence-corrected chi connectivity index (χ4v) is 2.20. The molecule has 0 fully saturated rings. The molecule has 0 saturated carbocycles. The molecule has 0 spiro atoms. The predicted molar refractivity (Wildman–Crippen MR) is 79.9 cm³/mol. The Morgan fingerprint density at radius 3 is 1.78 bits per heavy atom. The molecule has 3 heteroatoms. The summed E-state index contributed by atoms with van der Waals surface area (Å²) in [4.78, 5) is 2.39. The number of nitrogens with one attached hydrogen (secondary N) is 1. The third-order valence-electron chi connectivity index (χ3n) is 2.70. The van der Waals surface area contributed by atoms with Crippen molar-refractivity contribution in [2.24, 2.45) is 11.8 Å². The molecule has 0 heterocycles. The number of hydrogen-bond acceptors (Lipinski definition) is 3. The van der Waals surface area contributed by atoms with Crippen LogP contribution in [0.25, 0.3) is 0 Å². The first kappa shape index (κ1) is 17.9. The highest BCUT2D eigenvalue weighted by Gasteiger charge is 2.24. The Hall–Kier alpha value is -0.120. The van der Waals surface area contributed by atoms with Gasteiger partial charge in [-0.05, 0) is 18.8 Å². The molecular formula is C15H34N2O. The second-order valence-corrected chi connectivity index (χ2v) is 7.01. The molecule has 18 heavy (non-hydrogen) atoms. The summed E-state index contributed by atoms with van der Waals surface area (Å²) in [5.41, 5.74) is -0.659. The van der Waals surface area contributed by atoms with Crippen LogP contribution in [0, 0.1) is 11.8 Å². The molecule has 2 N–H and O–H groups in total. The van der Waals surface area contributed by atoms with Crippen molar-refractivity contribution in [1.29, 1.82) is 0 Å². The smallest absolute Gasteiger partial charge is 0.0869 e. The van der Waals surface area contributed by atoms with Crippen LogP contribution in [0.1, 0.15) is 48.5 Å². The first-order valence-electron chi connectivity index (χ1n) is 7.30. The molecule has 0 amide bonds. The van der Waals surface area contributed by atoms with Crippen LogP contribution in [0.4, 0.5) is 0 Å². The van der Waals surface area contributed by atoms with Crippen LogP contribution in [-0.4, -0.2) is 47.8 Å². The zero-order chi connectivity index (χ0) is 14.3. The lowest BCUT2D eigenvalue weighted by Crippen LogP contribution is -2.50. The van der Waals surface area contributed by atoms with Crippen molar-refractivity contribution in [2.45, 2.75) is 60.1 Å². The summed E-state index contributed by atoms with van der Waals surface area (Å²) >= 11 is 0. The van der Waals surface area contributed by atoms with Gasteiger partial charge in [-0.3, -0.25) is 4.90 Å². The van der Waals surface area contributed by atoms with E-state index in [1.807, 2.05) is 6.92 Å². The van der Waals surface area contributed by atoms with Gasteiger partial charge < -0.3 is 10.4 Å². The van der Waals surface area contributed by atoms with Crippen molar-refractivity contribution < 1.29 is 5.11 Å². The van der Waals surface area contributed by atoms with Crippen LogP contribution < -0.4 is 5.32 Å². The summed E-state index contributed by atoms with van der Waals surface area (Å²) in [5, 5.41) is 13.8. The summed E-state index contributed by atoms with van der Waals surface area (Å²) in [7, 11) is 0. The molecule has 0 aromatic carbocycles. The van der Waals surface area contributed by atoms with Crippen molar-refractivity contribution in [2.75, 3.05) is 26.2 Å². The van der Waals surface area contributed by atoms with E-state index in [1.165, 1.54) is 0 Å². The van der Waals surface area contributed by atoms with Crippen molar-refractivity contribution in [1.82, 2.24) is 10.2 Å². The van der Waals surface area contributed by atoms with Crippen molar-refractivity contribution in [3.63, 3.8) is 0 Å². The SMILES string of the molecule is CC(C)CN(CC(C)C)CC(C)(O)CNC(C)C. The Kier molecular flexibility index (Phi) is 8.08. The minimum Gasteiger partial charge on any atom is -0.388 e. The molecule has 0 aromatic rings. The average molecular weight is 258 g/mol. The number of aliphatic hydroxyl groups is 1. The maximum Gasteiger partial charge on any atom is 0.0869 e. The van der Waals surface area contributed by atoms with Gasteiger partial charge in [0.05, 0.1) is 5.60 Å². The molecule has 1 unspecified atom stereocenters. The van der Waals surface area contributed by atoms with Gasteiger partial charge in [0, 0.05) is 32.2 Å². The first-order chi connectivity index (χ1) is 8.12. The van der Waals surface area contributed by atoms with E-state index < -0.39 is 5.60 Å². The van der Waals surface area contributed by atoms with E-state index in [4.69, 9.17) is 0 Å². The molecule has 0 aliphatic heterocycles. The van der Waals surface area contributed by atoms with E-state index in [9.17, 15) is 5.11 Å². The minimum absolute atomic E-state index is 0.417. The van der Waals surface area contributed by atoms with Crippen LogP contribution >= 0.6 is 0 Å². The topological polar surface area (TPSA) is 35.5 Å². The van der Waals surface area contributed by atoms with Gasteiger partial charge in [-0.15, -0.1) is 0 Å². The van der Waals surface area contributed by atoms with Crippen LogP contribution in [0.15, 0.2) is 0 Å². The normalized spacial score (nSPS) is 16.0. The van der Waals surface area contributed by atoms with Crippen LogP contribution in [0.2, 0.25) is 0 Å². The molecule has 3 nitrogen and oxygen atoms in total. The Morgan fingerprint density at radius 1 is 1.00 bits per heavy atom. The zero-order valence-electron chi connectivity index (χ0n) is 13.5. The summed E-state index contributed by atoms with van der Waals surface area (Å²) < 4.78 is 0. The standard InChI is InChI=1S/C15H34N2O/c1-12(2)8-17(9-13(3)4)11-15(7,18)10-16-14(5)6/h12-14,16,18H,8-11H2,1-7H3. The van der Waals surface area contributed by atoms with Gasteiger partial charge in [0.25, 0.3) is 0 Å². The van der Waals surface area contributed by atoms with E-state index in [0.29, 0.717) is 24.4 Å². The Bertz CT molecular complexity index is 203. The summed E-state index contributed by atoms with van der Waals surface area (Å²) in [6.45, 7) is 18.6. The van der Waals surface area contributed by atoms with Gasteiger partial charge in [0.15, 0.2) is 0 Å². The zero-order valence-corrected chi connectivity index (χ0v) is 13.5. The molecule has 0 aliphatic carbocycles. The summed E-state index contributed by atoms with van der Waals surface area (Å²) in [6, 6.07) is 0.417. The molecule has 0 aliphatic rings.